The predicted molar refractivity (Wildman–Crippen MR) is 65.4 cm³/mol. The van der Waals surface area contributed by atoms with Crippen molar-refractivity contribution in [2.45, 2.75) is 30.2 Å². The highest BCUT2D eigenvalue weighted by Crippen LogP contribution is 2.35. The van der Waals surface area contributed by atoms with Gasteiger partial charge in [-0.25, -0.2) is 21.9 Å². The number of carboxylic acids is 1. The predicted octanol–water partition coefficient (Wildman–Crippen LogP) is 1.50. The lowest BCUT2D eigenvalue weighted by Crippen LogP contribution is -2.38. The number of halogens is 2. The van der Waals surface area contributed by atoms with Gasteiger partial charge >= 0.3 is 5.97 Å². The molecule has 1 aliphatic carbocycles. The van der Waals surface area contributed by atoms with Crippen LogP contribution in [-0.2, 0) is 14.8 Å². The lowest BCUT2D eigenvalue weighted by atomic mass is 10.1. The minimum Gasteiger partial charge on any atom is -0.481 e. The Morgan fingerprint density at radius 1 is 1.40 bits per heavy atom. The summed E-state index contributed by atoms with van der Waals surface area (Å²) in [5.41, 5.74) is 0. The van der Waals surface area contributed by atoms with Gasteiger partial charge in [-0.3, -0.25) is 4.79 Å². The van der Waals surface area contributed by atoms with Gasteiger partial charge in [0.05, 0.1) is 6.42 Å². The fourth-order valence-electron chi connectivity index (χ4n) is 1.94. The Kier molecular flexibility index (Phi) is 4.05. The summed E-state index contributed by atoms with van der Waals surface area (Å²) >= 11 is 0. The van der Waals surface area contributed by atoms with Gasteiger partial charge < -0.3 is 5.11 Å². The Hall–Kier alpha value is -1.54. The van der Waals surface area contributed by atoms with E-state index >= 15 is 0 Å². The van der Waals surface area contributed by atoms with Crippen LogP contribution in [0.4, 0.5) is 8.78 Å². The van der Waals surface area contributed by atoms with Gasteiger partial charge in [-0.1, -0.05) is 0 Å². The molecule has 0 saturated heterocycles. The summed E-state index contributed by atoms with van der Waals surface area (Å²) in [7, 11) is -4.29. The van der Waals surface area contributed by atoms with Crippen molar-refractivity contribution in [3.05, 3.63) is 29.8 Å². The summed E-state index contributed by atoms with van der Waals surface area (Å²) in [5, 5.41) is 8.76. The maximum absolute atomic E-state index is 13.5. The Morgan fingerprint density at radius 3 is 2.60 bits per heavy atom. The number of carbonyl (C=O) groups is 1. The van der Waals surface area contributed by atoms with Crippen LogP contribution in [0.5, 0.6) is 0 Å². The van der Waals surface area contributed by atoms with E-state index in [0.29, 0.717) is 25.0 Å². The molecule has 1 atom stereocenters. The van der Waals surface area contributed by atoms with E-state index < -0.39 is 38.6 Å². The summed E-state index contributed by atoms with van der Waals surface area (Å²) in [4.78, 5) is 9.90. The number of aliphatic carboxylic acids is 1. The molecule has 8 heteroatoms. The smallest absolute Gasteiger partial charge is 0.304 e. The molecule has 1 aromatic carbocycles. The molecule has 20 heavy (non-hydrogen) atoms. The molecular formula is C12H13F2NO4S. The molecule has 0 bridgehead atoms. The van der Waals surface area contributed by atoms with Crippen LogP contribution in [-0.4, -0.2) is 25.5 Å². The van der Waals surface area contributed by atoms with E-state index in [1.54, 1.807) is 0 Å². The quantitative estimate of drug-likeness (QED) is 0.834. The number of rotatable bonds is 6. The Bertz CT molecular complexity index is 628. The average molecular weight is 305 g/mol. The fourth-order valence-corrected chi connectivity index (χ4v) is 3.33. The van der Waals surface area contributed by atoms with Gasteiger partial charge in [0.25, 0.3) is 0 Å². The summed E-state index contributed by atoms with van der Waals surface area (Å²) < 4.78 is 52.7. The molecule has 0 radical (unpaired) electrons. The van der Waals surface area contributed by atoms with E-state index in [9.17, 15) is 22.0 Å². The van der Waals surface area contributed by atoms with E-state index in [4.69, 9.17) is 5.11 Å². The van der Waals surface area contributed by atoms with Crippen LogP contribution in [0, 0.1) is 17.6 Å². The number of nitrogens with one attached hydrogen (secondary N) is 1. The highest BCUT2D eigenvalue weighted by molar-refractivity contribution is 7.89. The van der Waals surface area contributed by atoms with Crippen molar-refractivity contribution in [3.8, 4) is 0 Å². The van der Waals surface area contributed by atoms with Crippen molar-refractivity contribution in [3.63, 3.8) is 0 Å². The minimum absolute atomic E-state index is 0.0718. The van der Waals surface area contributed by atoms with Crippen LogP contribution in [0.2, 0.25) is 0 Å². The largest absolute Gasteiger partial charge is 0.481 e. The van der Waals surface area contributed by atoms with E-state index in [-0.39, 0.29) is 12.3 Å². The summed E-state index contributed by atoms with van der Waals surface area (Å²) in [6, 6.07) is 1.29. The number of hydrogen-bond acceptors (Lipinski definition) is 3. The molecule has 0 spiro atoms. The molecule has 1 unspecified atom stereocenters. The molecule has 0 aliphatic heterocycles. The first-order valence-corrected chi connectivity index (χ1v) is 7.47. The molecule has 1 fully saturated rings. The number of carboxylic acid groups (broad SMARTS) is 1. The summed E-state index contributed by atoms with van der Waals surface area (Å²) in [5.74, 6) is -3.18. The first-order valence-electron chi connectivity index (χ1n) is 5.99. The second-order valence-corrected chi connectivity index (χ2v) is 6.42. The van der Waals surface area contributed by atoms with Crippen molar-refractivity contribution in [2.75, 3.05) is 0 Å². The molecular weight excluding hydrogens is 292 g/mol. The van der Waals surface area contributed by atoms with Gasteiger partial charge in [-0.05, 0) is 37.0 Å². The third-order valence-corrected chi connectivity index (χ3v) is 4.58. The van der Waals surface area contributed by atoms with Crippen LogP contribution in [0.1, 0.15) is 19.3 Å². The van der Waals surface area contributed by atoms with Crippen LogP contribution in [0.15, 0.2) is 23.1 Å². The fraction of sp³-hybridized carbons (Fsp3) is 0.417. The van der Waals surface area contributed by atoms with Crippen LogP contribution < -0.4 is 4.72 Å². The Morgan fingerprint density at radius 2 is 2.05 bits per heavy atom. The van der Waals surface area contributed by atoms with Gasteiger partial charge in [0.1, 0.15) is 16.5 Å². The topological polar surface area (TPSA) is 83.5 Å². The molecule has 1 saturated carbocycles. The molecule has 5 nitrogen and oxygen atoms in total. The first kappa shape index (κ1) is 14.9. The zero-order valence-electron chi connectivity index (χ0n) is 10.3. The van der Waals surface area contributed by atoms with Gasteiger partial charge in [-0.2, -0.15) is 0 Å². The molecule has 0 heterocycles. The van der Waals surface area contributed by atoms with Gasteiger partial charge in [0, 0.05) is 6.04 Å². The molecule has 2 N–H and O–H groups in total. The monoisotopic (exact) mass is 305 g/mol. The van der Waals surface area contributed by atoms with Crippen molar-refractivity contribution >= 4 is 16.0 Å². The maximum atomic E-state index is 13.5. The first-order chi connectivity index (χ1) is 9.29. The molecule has 2 rings (SSSR count). The Labute approximate surface area is 114 Å². The van der Waals surface area contributed by atoms with Crippen LogP contribution in [0.3, 0.4) is 0 Å². The van der Waals surface area contributed by atoms with Crippen molar-refractivity contribution in [1.29, 1.82) is 0 Å². The maximum Gasteiger partial charge on any atom is 0.304 e. The summed E-state index contributed by atoms with van der Waals surface area (Å²) in [6.45, 7) is 0. The summed E-state index contributed by atoms with van der Waals surface area (Å²) in [6.07, 6.45) is 1.04. The van der Waals surface area contributed by atoms with Crippen molar-refractivity contribution in [2.24, 2.45) is 5.92 Å². The van der Waals surface area contributed by atoms with Crippen molar-refractivity contribution < 1.29 is 27.1 Å². The average Bonchev–Trinajstić information content (AvgIpc) is 3.14. The van der Waals surface area contributed by atoms with E-state index in [1.807, 2.05) is 0 Å². The molecule has 110 valence electrons. The standard InChI is InChI=1S/C12H13F2NO4S/c13-8-3-4-9(14)11(5-8)20(18,19)15-10(6-12(16)17)7-1-2-7/h3-5,7,10,15H,1-2,6H2,(H,16,17). The molecule has 0 aromatic heterocycles. The third-order valence-electron chi connectivity index (χ3n) is 3.07. The third kappa shape index (κ3) is 3.51. The van der Waals surface area contributed by atoms with Gasteiger partial charge in [-0.15, -0.1) is 0 Å². The zero-order valence-corrected chi connectivity index (χ0v) is 11.2. The van der Waals surface area contributed by atoms with Gasteiger partial charge in [0.2, 0.25) is 10.0 Å². The SMILES string of the molecule is O=C(O)CC(NS(=O)(=O)c1cc(F)ccc1F)C1CC1. The highest BCUT2D eigenvalue weighted by Gasteiger charge is 2.36. The second kappa shape index (κ2) is 5.45. The molecule has 1 aromatic rings. The van der Waals surface area contributed by atoms with E-state index in [1.165, 1.54) is 0 Å². The zero-order chi connectivity index (χ0) is 14.9. The van der Waals surface area contributed by atoms with Crippen LogP contribution >= 0.6 is 0 Å². The van der Waals surface area contributed by atoms with Crippen LogP contribution in [0.25, 0.3) is 0 Å². The number of sulfonamides is 1. The lowest BCUT2D eigenvalue weighted by Gasteiger charge is -2.16. The minimum atomic E-state index is -4.29. The highest BCUT2D eigenvalue weighted by atomic mass is 32.2. The van der Waals surface area contributed by atoms with E-state index in [0.717, 1.165) is 6.07 Å². The second-order valence-electron chi connectivity index (χ2n) is 4.74. The normalized spacial score (nSPS) is 16.9. The lowest BCUT2D eigenvalue weighted by molar-refractivity contribution is -0.137. The van der Waals surface area contributed by atoms with E-state index in [2.05, 4.69) is 4.72 Å². The Balaban J connectivity index is 2.25. The molecule has 0 amide bonds. The number of benzene rings is 1. The molecule has 1 aliphatic rings. The van der Waals surface area contributed by atoms with Crippen molar-refractivity contribution in [1.82, 2.24) is 4.72 Å². The van der Waals surface area contributed by atoms with Gasteiger partial charge in [0.15, 0.2) is 0 Å². The number of hydrogen-bond donors (Lipinski definition) is 2.